The Balaban J connectivity index is 2.10. The number of hydrogen-bond acceptors (Lipinski definition) is 5. The van der Waals surface area contributed by atoms with Gasteiger partial charge < -0.3 is 21.5 Å². The Morgan fingerprint density at radius 3 is 2.78 bits per heavy atom. The lowest BCUT2D eigenvalue weighted by atomic mass is 9.82. The topological polar surface area (TPSA) is 105 Å². The zero-order chi connectivity index (χ0) is 13.3. The molecule has 1 aromatic rings. The number of nitrogen functional groups attached to an aromatic ring is 1. The summed E-state index contributed by atoms with van der Waals surface area (Å²) in [7, 11) is 1.87. The molecule has 0 unspecified atom stereocenters. The van der Waals surface area contributed by atoms with Crippen LogP contribution >= 0.6 is 0 Å². The Labute approximate surface area is 106 Å². The SMILES string of the molecule is CN(CC1CC(O)C1)c1nc(C(N)=O)ccc1N. The molecular formula is C12H18N4O2. The van der Waals surface area contributed by atoms with Crippen molar-refractivity contribution in [3.8, 4) is 0 Å². The molecule has 6 nitrogen and oxygen atoms in total. The van der Waals surface area contributed by atoms with E-state index in [1.54, 1.807) is 6.07 Å². The van der Waals surface area contributed by atoms with E-state index in [-0.39, 0.29) is 11.8 Å². The summed E-state index contributed by atoms with van der Waals surface area (Å²) in [5.41, 5.74) is 11.8. The van der Waals surface area contributed by atoms with Crippen LogP contribution in [0, 0.1) is 5.92 Å². The molecule has 1 aliphatic rings. The van der Waals surface area contributed by atoms with Crippen molar-refractivity contribution >= 4 is 17.4 Å². The molecule has 0 saturated heterocycles. The van der Waals surface area contributed by atoms with E-state index in [2.05, 4.69) is 4.98 Å². The van der Waals surface area contributed by atoms with Crippen LogP contribution in [0.1, 0.15) is 23.3 Å². The number of anilines is 2. The number of aliphatic hydroxyl groups excluding tert-OH is 1. The highest BCUT2D eigenvalue weighted by Crippen LogP contribution is 2.30. The molecule has 1 amide bonds. The third-order valence-electron chi connectivity index (χ3n) is 3.26. The predicted octanol–water partition coefficient (Wildman–Crippen LogP) is -0.0302. The van der Waals surface area contributed by atoms with Gasteiger partial charge in [0.1, 0.15) is 5.69 Å². The van der Waals surface area contributed by atoms with Gasteiger partial charge in [-0.25, -0.2) is 4.98 Å². The average Bonchev–Trinajstić information content (AvgIpc) is 2.27. The zero-order valence-corrected chi connectivity index (χ0v) is 10.3. The summed E-state index contributed by atoms with van der Waals surface area (Å²) in [5.74, 6) is 0.444. The van der Waals surface area contributed by atoms with Gasteiger partial charge in [0.25, 0.3) is 5.91 Å². The lowest BCUT2D eigenvalue weighted by molar-refractivity contribution is 0.0464. The average molecular weight is 250 g/mol. The Morgan fingerprint density at radius 2 is 2.22 bits per heavy atom. The second kappa shape index (κ2) is 4.81. The number of nitrogens with two attached hydrogens (primary N) is 2. The molecule has 1 fully saturated rings. The molecule has 0 atom stereocenters. The van der Waals surface area contributed by atoms with Gasteiger partial charge in [-0.15, -0.1) is 0 Å². The van der Waals surface area contributed by atoms with Crippen molar-refractivity contribution in [2.45, 2.75) is 18.9 Å². The first-order valence-corrected chi connectivity index (χ1v) is 5.93. The first kappa shape index (κ1) is 12.6. The predicted molar refractivity (Wildman–Crippen MR) is 69.2 cm³/mol. The molecule has 2 rings (SSSR count). The second-order valence-electron chi connectivity index (χ2n) is 4.85. The van der Waals surface area contributed by atoms with Crippen LogP contribution in [0.5, 0.6) is 0 Å². The Bertz CT molecular complexity index is 457. The second-order valence-corrected chi connectivity index (χ2v) is 4.85. The van der Waals surface area contributed by atoms with E-state index in [1.165, 1.54) is 6.07 Å². The van der Waals surface area contributed by atoms with E-state index in [1.807, 2.05) is 11.9 Å². The van der Waals surface area contributed by atoms with E-state index in [4.69, 9.17) is 11.5 Å². The van der Waals surface area contributed by atoms with Gasteiger partial charge in [-0.3, -0.25) is 4.79 Å². The molecule has 0 radical (unpaired) electrons. The highest BCUT2D eigenvalue weighted by molar-refractivity contribution is 5.91. The van der Waals surface area contributed by atoms with E-state index >= 15 is 0 Å². The van der Waals surface area contributed by atoms with Crippen LogP contribution in [0.25, 0.3) is 0 Å². The number of aliphatic hydroxyl groups is 1. The lowest BCUT2D eigenvalue weighted by Gasteiger charge is -2.35. The first-order valence-electron chi connectivity index (χ1n) is 5.93. The van der Waals surface area contributed by atoms with Crippen molar-refractivity contribution in [3.63, 3.8) is 0 Å². The number of rotatable bonds is 4. The molecule has 6 heteroatoms. The van der Waals surface area contributed by atoms with Crippen LogP contribution in [-0.4, -0.2) is 35.7 Å². The van der Waals surface area contributed by atoms with E-state index in [9.17, 15) is 9.90 Å². The molecule has 1 heterocycles. The molecule has 0 aromatic carbocycles. The summed E-state index contributed by atoms with van der Waals surface area (Å²) < 4.78 is 0. The Morgan fingerprint density at radius 1 is 1.56 bits per heavy atom. The fourth-order valence-electron chi connectivity index (χ4n) is 2.23. The fraction of sp³-hybridized carbons (Fsp3) is 0.500. The summed E-state index contributed by atoms with van der Waals surface area (Å²) in [5, 5.41) is 9.25. The van der Waals surface area contributed by atoms with Gasteiger partial charge in [-0.05, 0) is 30.9 Å². The fourth-order valence-corrected chi connectivity index (χ4v) is 2.23. The minimum Gasteiger partial charge on any atom is -0.396 e. The van der Waals surface area contributed by atoms with Crippen LogP contribution in [0.3, 0.4) is 0 Å². The number of hydrogen-bond donors (Lipinski definition) is 3. The van der Waals surface area contributed by atoms with Gasteiger partial charge in [0.05, 0.1) is 11.8 Å². The van der Waals surface area contributed by atoms with Gasteiger partial charge in [0.15, 0.2) is 5.82 Å². The Hall–Kier alpha value is -1.82. The largest absolute Gasteiger partial charge is 0.396 e. The highest BCUT2D eigenvalue weighted by Gasteiger charge is 2.28. The molecule has 1 saturated carbocycles. The van der Waals surface area contributed by atoms with Gasteiger partial charge in [-0.1, -0.05) is 0 Å². The monoisotopic (exact) mass is 250 g/mol. The number of pyridine rings is 1. The summed E-state index contributed by atoms with van der Waals surface area (Å²) in [6.07, 6.45) is 1.44. The quantitative estimate of drug-likeness (QED) is 0.696. The summed E-state index contributed by atoms with van der Waals surface area (Å²) in [6, 6.07) is 3.15. The summed E-state index contributed by atoms with van der Waals surface area (Å²) in [6.45, 7) is 0.760. The third kappa shape index (κ3) is 2.53. The standard InChI is InChI=1S/C12H18N4O2/c1-16(6-7-4-8(17)5-7)12-9(13)2-3-10(15-12)11(14)18/h2-3,7-8,17H,4-6,13H2,1H3,(H2,14,18). The minimum atomic E-state index is -0.566. The van der Waals surface area contributed by atoms with Crippen molar-refractivity contribution < 1.29 is 9.90 Å². The molecule has 0 aliphatic heterocycles. The van der Waals surface area contributed by atoms with E-state index < -0.39 is 5.91 Å². The molecule has 1 aromatic heterocycles. The molecular weight excluding hydrogens is 232 g/mol. The molecule has 5 N–H and O–H groups in total. The van der Waals surface area contributed by atoms with Gasteiger partial charge in [0, 0.05) is 13.6 Å². The zero-order valence-electron chi connectivity index (χ0n) is 10.3. The van der Waals surface area contributed by atoms with Crippen LogP contribution in [0.2, 0.25) is 0 Å². The number of carbonyl (C=O) groups excluding carboxylic acids is 1. The lowest BCUT2D eigenvalue weighted by Crippen LogP contribution is -2.37. The third-order valence-corrected chi connectivity index (χ3v) is 3.26. The normalized spacial score (nSPS) is 22.3. The molecule has 1 aliphatic carbocycles. The number of primary amides is 1. The number of aromatic nitrogens is 1. The van der Waals surface area contributed by atoms with Gasteiger partial charge in [-0.2, -0.15) is 0 Å². The maximum Gasteiger partial charge on any atom is 0.267 e. The van der Waals surface area contributed by atoms with Crippen LogP contribution in [0.15, 0.2) is 12.1 Å². The van der Waals surface area contributed by atoms with Gasteiger partial charge >= 0.3 is 0 Å². The number of nitrogens with zero attached hydrogens (tertiary/aromatic N) is 2. The van der Waals surface area contributed by atoms with Crippen molar-refractivity contribution in [2.75, 3.05) is 24.2 Å². The minimum absolute atomic E-state index is 0.175. The van der Waals surface area contributed by atoms with Crippen molar-refractivity contribution in [3.05, 3.63) is 17.8 Å². The molecule has 98 valence electrons. The van der Waals surface area contributed by atoms with Crippen molar-refractivity contribution in [1.29, 1.82) is 0 Å². The van der Waals surface area contributed by atoms with Crippen LogP contribution < -0.4 is 16.4 Å². The number of amides is 1. The Kier molecular flexibility index (Phi) is 3.38. The summed E-state index contributed by atoms with van der Waals surface area (Å²) in [4.78, 5) is 17.2. The van der Waals surface area contributed by atoms with Crippen molar-refractivity contribution in [1.82, 2.24) is 4.98 Å². The van der Waals surface area contributed by atoms with E-state index in [0.717, 1.165) is 19.4 Å². The molecule has 18 heavy (non-hydrogen) atoms. The highest BCUT2D eigenvalue weighted by atomic mass is 16.3. The summed E-state index contributed by atoms with van der Waals surface area (Å²) >= 11 is 0. The van der Waals surface area contributed by atoms with Crippen molar-refractivity contribution in [2.24, 2.45) is 11.7 Å². The number of carbonyl (C=O) groups is 1. The molecule has 0 bridgehead atoms. The maximum atomic E-state index is 11.1. The van der Waals surface area contributed by atoms with Gasteiger partial charge in [0.2, 0.25) is 0 Å². The smallest absolute Gasteiger partial charge is 0.267 e. The molecule has 0 spiro atoms. The van der Waals surface area contributed by atoms with E-state index in [0.29, 0.717) is 17.4 Å². The van der Waals surface area contributed by atoms with Crippen LogP contribution in [-0.2, 0) is 0 Å². The van der Waals surface area contributed by atoms with Crippen LogP contribution in [0.4, 0.5) is 11.5 Å². The maximum absolute atomic E-state index is 11.1. The first-order chi connectivity index (χ1) is 8.47.